The maximum absolute atomic E-state index is 13.2. The van der Waals surface area contributed by atoms with Gasteiger partial charge in [0.05, 0.1) is 0 Å². The van der Waals surface area contributed by atoms with Crippen LogP contribution >= 0.6 is 35.0 Å². The molecule has 0 saturated heterocycles. The third-order valence-electron chi connectivity index (χ3n) is 1.78. The maximum Gasteiger partial charge on any atom is 0.128 e. The lowest BCUT2D eigenvalue weighted by Crippen LogP contribution is -2.11. The molecule has 0 saturated carbocycles. The van der Waals surface area contributed by atoms with Crippen LogP contribution in [0.1, 0.15) is 18.0 Å². The lowest BCUT2D eigenvalue weighted by molar-refractivity contribution is 0.583. The molecule has 14 heavy (non-hydrogen) atoms. The third-order valence-corrected chi connectivity index (χ3v) is 2.45. The molecule has 0 heterocycles. The Morgan fingerprint density at radius 2 is 2.21 bits per heavy atom. The minimum absolute atomic E-state index is 0. The highest BCUT2D eigenvalue weighted by molar-refractivity contribution is 14.1. The fourth-order valence-corrected chi connectivity index (χ4v) is 1.62. The van der Waals surface area contributed by atoms with E-state index in [1.54, 1.807) is 18.2 Å². The summed E-state index contributed by atoms with van der Waals surface area (Å²) < 4.78 is 14.2. The Bertz CT molecular complexity index is 317. The van der Waals surface area contributed by atoms with Crippen molar-refractivity contribution >= 4 is 35.0 Å². The molecule has 0 radical (unpaired) electrons. The van der Waals surface area contributed by atoms with E-state index in [9.17, 15) is 4.39 Å². The van der Waals surface area contributed by atoms with Crippen LogP contribution < -0.4 is 5.73 Å². The molecule has 78 valence electrons. The quantitative estimate of drug-likeness (QED) is 0.668. The molecule has 0 amide bonds. The fourth-order valence-electron chi connectivity index (χ4n) is 1.11. The summed E-state index contributed by atoms with van der Waals surface area (Å²) in [5, 5.41) is 0. The minimum atomic E-state index is -0.285. The topological polar surface area (TPSA) is 26.0 Å². The van der Waals surface area contributed by atoms with Gasteiger partial charge in [-0.1, -0.05) is 6.08 Å². The van der Waals surface area contributed by atoms with Gasteiger partial charge in [-0.15, -0.1) is 19.0 Å². The van der Waals surface area contributed by atoms with E-state index in [4.69, 9.17) is 5.73 Å². The summed E-state index contributed by atoms with van der Waals surface area (Å²) in [6.07, 6.45) is 2.29. The van der Waals surface area contributed by atoms with Crippen LogP contribution in [-0.2, 0) is 0 Å². The van der Waals surface area contributed by atoms with Crippen LogP contribution in [0.15, 0.2) is 30.9 Å². The summed E-state index contributed by atoms with van der Waals surface area (Å²) >= 11 is 2.14. The highest BCUT2D eigenvalue weighted by Crippen LogP contribution is 2.20. The largest absolute Gasteiger partial charge is 0.324 e. The van der Waals surface area contributed by atoms with Crippen molar-refractivity contribution in [2.45, 2.75) is 12.5 Å². The summed E-state index contributed by atoms with van der Waals surface area (Å²) in [7, 11) is 0. The molecular weight excluding hydrogens is 315 g/mol. The second kappa shape index (κ2) is 6.37. The Morgan fingerprint density at radius 3 is 2.79 bits per heavy atom. The molecule has 2 N–H and O–H groups in total. The Balaban J connectivity index is 0.00000169. The zero-order valence-electron chi connectivity index (χ0n) is 7.54. The summed E-state index contributed by atoms with van der Waals surface area (Å²) in [6, 6.07) is 4.65. The first-order chi connectivity index (χ1) is 6.15. The van der Waals surface area contributed by atoms with Crippen LogP contribution in [0.2, 0.25) is 0 Å². The smallest absolute Gasteiger partial charge is 0.128 e. The van der Waals surface area contributed by atoms with E-state index in [0.717, 1.165) is 3.57 Å². The Kier molecular flexibility index (Phi) is 6.31. The fraction of sp³-hybridized carbons (Fsp3) is 0.200. The summed E-state index contributed by atoms with van der Waals surface area (Å²) in [5.41, 5.74) is 6.32. The molecule has 0 aromatic heterocycles. The molecule has 0 bridgehead atoms. The molecule has 1 rings (SSSR count). The number of halogens is 3. The SMILES string of the molecule is C=CC[C@H](N)c1cc(I)ccc1F.Cl. The summed E-state index contributed by atoms with van der Waals surface area (Å²) in [4.78, 5) is 0. The lowest BCUT2D eigenvalue weighted by atomic mass is 10.0. The zero-order valence-corrected chi connectivity index (χ0v) is 10.5. The second-order valence-corrected chi connectivity index (χ2v) is 4.04. The molecule has 0 spiro atoms. The van der Waals surface area contributed by atoms with Crippen molar-refractivity contribution in [2.75, 3.05) is 0 Å². The lowest BCUT2D eigenvalue weighted by Gasteiger charge is -2.10. The van der Waals surface area contributed by atoms with Gasteiger partial charge in [0.2, 0.25) is 0 Å². The van der Waals surface area contributed by atoms with E-state index in [2.05, 4.69) is 29.2 Å². The number of rotatable bonds is 3. The third kappa shape index (κ3) is 3.55. The van der Waals surface area contributed by atoms with Crippen molar-refractivity contribution in [3.63, 3.8) is 0 Å². The zero-order chi connectivity index (χ0) is 9.84. The average molecular weight is 328 g/mol. The Labute approximate surface area is 103 Å². The predicted molar refractivity (Wildman–Crippen MR) is 68.1 cm³/mol. The summed E-state index contributed by atoms with van der Waals surface area (Å²) in [6.45, 7) is 3.57. The molecule has 0 aliphatic rings. The molecule has 4 heteroatoms. The molecular formula is C10H12ClFIN. The minimum Gasteiger partial charge on any atom is -0.324 e. The Morgan fingerprint density at radius 1 is 1.57 bits per heavy atom. The van der Waals surface area contributed by atoms with E-state index >= 15 is 0 Å². The van der Waals surface area contributed by atoms with E-state index in [-0.39, 0.29) is 24.3 Å². The number of hydrogen-bond donors (Lipinski definition) is 1. The number of hydrogen-bond acceptors (Lipinski definition) is 1. The van der Waals surface area contributed by atoms with Crippen LogP contribution in [0, 0.1) is 9.39 Å². The van der Waals surface area contributed by atoms with Crippen LogP contribution in [0.5, 0.6) is 0 Å². The van der Waals surface area contributed by atoms with Gasteiger partial charge in [-0.2, -0.15) is 0 Å². The van der Waals surface area contributed by atoms with Gasteiger partial charge in [0.25, 0.3) is 0 Å². The van der Waals surface area contributed by atoms with E-state index in [0.29, 0.717) is 12.0 Å². The monoisotopic (exact) mass is 327 g/mol. The number of nitrogens with two attached hydrogens (primary N) is 1. The van der Waals surface area contributed by atoms with Gasteiger partial charge in [-0.3, -0.25) is 0 Å². The molecule has 1 atom stereocenters. The van der Waals surface area contributed by atoms with Crippen LogP contribution in [0.4, 0.5) is 4.39 Å². The van der Waals surface area contributed by atoms with Crippen molar-refractivity contribution in [3.8, 4) is 0 Å². The molecule has 0 fully saturated rings. The van der Waals surface area contributed by atoms with Crippen molar-refractivity contribution in [1.29, 1.82) is 0 Å². The van der Waals surface area contributed by atoms with Gasteiger partial charge in [0.15, 0.2) is 0 Å². The number of benzene rings is 1. The molecule has 1 nitrogen and oxygen atoms in total. The molecule has 1 aromatic carbocycles. The highest BCUT2D eigenvalue weighted by Gasteiger charge is 2.09. The maximum atomic E-state index is 13.2. The highest BCUT2D eigenvalue weighted by atomic mass is 127. The van der Waals surface area contributed by atoms with Crippen LogP contribution in [0.25, 0.3) is 0 Å². The average Bonchev–Trinajstić information content (AvgIpc) is 2.09. The van der Waals surface area contributed by atoms with E-state index in [1.165, 1.54) is 6.07 Å². The molecule has 1 aromatic rings. The van der Waals surface area contributed by atoms with Gasteiger partial charge in [-0.05, 0) is 47.2 Å². The molecule has 0 unspecified atom stereocenters. The van der Waals surface area contributed by atoms with Crippen molar-refractivity contribution < 1.29 is 4.39 Å². The van der Waals surface area contributed by atoms with Gasteiger partial charge >= 0.3 is 0 Å². The van der Waals surface area contributed by atoms with Crippen molar-refractivity contribution in [3.05, 3.63) is 45.8 Å². The predicted octanol–water partition coefficient (Wildman–Crippen LogP) is 3.43. The first kappa shape index (κ1) is 13.9. The van der Waals surface area contributed by atoms with Crippen LogP contribution in [-0.4, -0.2) is 0 Å². The van der Waals surface area contributed by atoms with E-state index in [1.807, 2.05) is 0 Å². The normalized spacial score (nSPS) is 11.6. The van der Waals surface area contributed by atoms with Gasteiger partial charge < -0.3 is 5.73 Å². The van der Waals surface area contributed by atoms with Crippen molar-refractivity contribution in [2.24, 2.45) is 5.73 Å². The van der Waals surface area contributed by atoms with Crippen LogP contribution in [0.3, 0.4) is 0 Å². The van der Waals surface area contributed by atoms with Gasteiger partial charge in [0, 0.05) is 15.2 Å². The molecule has 0 aliphatic heterocycles. The molecule has 0 aliphatic carbocycles. The first-order valence-electron chi connectivity index (χ1n) is 3.96. The van der Waals surface area contributed by atoms with Gasteiger partial charge in [-0.25, -0.2) is 4.39 Å². The Hall–Kier alpha value is -0.130. The summed E-state index contributed by atoms with van der Waals surface area (Å²) in [5.74, 6) is -0.241. The second-order valence-electron chi connectivity index (χ2n) is 2.80. The first-order valence-corrected chi connectivity index (χ1v) is 5.04. The van der Waals surface area contributed by atoms with E-state index < -0.39 is 0 Å². The van der Waals surface area contributed by atoms with Gasteiger partial charge in [0.1, 0.15) is 5.82 Å². The standard InChI is InChI=1S/C10H11FIN.ClH/c1-2-3-10(13)8-6-7(12)4-5-9(8)11;/h2,4-6,10H,1,3,13H2;1H/t10-;/m0./s1. The van der Waals surface area contributed by atoms with Crippen molar-refractivity contribution in [1.82, 2.24) is 0 Å².